The zero-order valence-corrected chi connectivity index (χ0v) is 9.36. The van der Waals surface area contributed by atoms with Crippen LogP contribution >= 0.6 is 0 Å². The summed E-state index contributed by atoms with van der Waals surface area (Å²) in [5, 5.41) is 0. The highest BCUT2D eigenvalue weighted by Gasteiger charge is 2.07. The van der Waals surface area contributed by atoms with Gasteiger partial charge in [0.1, 0.15) is 0 Å². The molecule has 1 aromatic rings. The van der Waals surface area contributed by atoms with Gasteiger partial charge in [-0.1, -0.05) is 0 Å². The Balaban J connectivity index is 2.71. The monoisotopic (exact) mass is 208 g/mol. The third-order valence-corrected chi connectivity index (χ3v) is 2.19. The Bertz CT molecular complexity index is 337. The van der Waals surface area contributed by atoms with Crippen molar-refractivity contribution in [2.24, 2.45) is 0 Å². The number of carbonyl (C=O) groups is 1. The molecule has 4 nitrogen and oxygen atoms in total. The van der Waals surface area contributed by atoms with Crippen LogP contribution in [-0.4, -0.2) is 32.2 Å². The molecule has 82 valence electrons. The second kappa shape index (κ2) is 5.34. The number of ether oxygens (including phenoxy) is 1. The third-order valence-electron chi connectivity index (χ3n) is 2.19. The number of hydrogen-bond acceptors (Lipinski definition) is 4. The molecule has 0 spiro atoms. The number of rotatable bonds is 4. The predicted molar refractivity (Wildman–Crippen MR) is 58.9 cm³/mol. The van der Waals surface area contributed by atoms with E-state index >= 15 is 0 Å². The van der Waals surface area contributed by atoms with Crippen LogP contribution in [0, 0.1) is 0 Å². The molecular formula is C11H16N2O2. The van der Waals surface area contributed by atoms with Crippen LogP contribution in [0.3, 0.4) is 0 Å². The van der Waals surface area contributed by atoms with Gasteiger partial charge in [-0.15, -0.1) is 0 Å². The maximum absolute atomic E-state index is 11.0. The predicted octanol–water partition coefficient (Wildman–Crippen LogP) is 1.25. The summed E-state index contributed by atoms with van der Waals surface area (Å²) in [7, 11) is 5.34. The molecule has 1 heterocycles. The standard InChI is InChI=1S/C11H16N2O2/c1-13(2)10-6-7-12-8-9(10)4-5-11(14)15-3/h6-8H,4-5H2,1-3H3. The lowest BCUT2D eigenvalue weighted by atomic mass is 10.1. The van der Waals surface area contributed by atoms with Gasteiger partial charge in [-0.05, 0) is 18.1 Å². The number of anilines is 1. The Morgan fingerprint density at radius 2 is 2.27 bits per heavy atom. The molecule has 0 saturated heterocycles. The molecule has 1 rings (SSSR count). The Labute approximate surface area is 89.9 Å². The van der Waals surface area contributed by atoms with Crippen LogP contribution in [-0.2, 0) is 16.0 Å². The van der Waals surface area contributed by atoms with Crippen molar-refractivity contribution >= 4 is 11.7 Å². The molecule has 15 heavy (non-hydrogen) atoms. The number of esters is 1. The summed E-state index contributed by atoms with van der Waals surface area (Å²) in [6.45, 7) is 0. The average molecular weight is 208 g/mol. The topological polar surface area (TPSA) is 42.4 Å². The lowest BCUT2D eigenvalue weighted by Crippen LogP contribution is -2.12. The molecule has 0 bridgehead atoms. The molecule has 0 aliphatic rings. The van der Waals surface area contributed by atoms with Crippen LogP contribution in [0.15, 0.2) is 18.5 Å². The van der Waals surface area contributed by atoms with E-state index in [1.54, 1.807) is 12.4 Å². The molecule has 0 aliphatic heterocycles. The van der Waals surface area contributed by atoms with E-state index in [-0.39, 0.29) is 5.97 Å². The normalized spacial score (nSPS) is 9.80. The van der Waals surface area contributed by atoms with E-state index in [0.29, 0.717) is 12.8 Å². The smallest absolute Gasteiger partial charge is 0.305 e. The van der Waals surface area contributed by atoms with Crippen molar-refractivity contribution in [2.75, 3.05) is 26.1 Å². The van der Waals surface area contributed by atoms with E-state index in [2.05, 4.69) is 9.72 Å². The van der Waals surface area contributed by atoms with Gasteiger partial charge in [0.05, 0.1) is 7.11 Å². The molecule has 0 aromatic carbocycles. The first-order valence-electron chi connectivity index (χ1n) is 4.82. The number of carbonyl (C=O) groups excluding carboxylic acids is 1. The minimum atomic E-state index is -0.191. The summed E-state index contributed by atoms with van der Waals surface area (Å²) in [5.74, 6) is -0.191. The molecule has 4 heteroatoms. The van der Waals surface area contributed by atoms with Crippen molar-refractivity contribution in [1.82, 2.24) is 4.98 Å². The number of aryl methyl sites for hydroxylation is 1. The molecule has 0 saturated carbocycles. The van der Waals surface area contributed by atoms with Crippen LogP contribution in [0.5, 0.6) is 0 Å². The molecule has 1 aromatic heterocycles. The van der Waals surface area contributed by atoms with Crippen LogP contribution in [0.4, 0.5) is 5.69 Å². The molecule has 0 aliphatic carbocycles. The van der Waals surface area contributed by atoms with Crippen molar-refractivity contribution in [3.8, 4) is 0 Å². The number of nitrogens with zero attached hydrogens (tertiary/aromatic N) is 2. The molecule has 0 radical (unpaired) electrons. The van der Waals surface area contributed by atoms with Gasteiger partial charge in [0.25, 0.3) is 0 Å². The van der Waals surface area contributed by atoms with E-state index < -0.39 is 0 Å². The molecule has 0 amide bonds. The molecule has 0 fully saturated rings. The maximum atomic E-state index is 11.0. The lowest BCUT2D eigenvalue weighted by molar-refractivity contribution is -0.140. The van der Waals surface area contributed by atoms with Gasteiger partial charge in [-0.25, -0.2) is 0 Å². The Morgan fingerprint density at radius 3 is 2.87 bits per heavy atom. The van der Waals surface area contributed by atoms with Crippen molar-refractivity contribution < 1.29 is 9.53 Å². The minimum Gasteiger partial charge on any atom is -0.469 e. The summed E-state index contributed by atoms with van der Waals surface area (Å²) in [6.07, 6.45) is 4.59. The Morgan fingerprint density at radius 1 is 1.53 bits per heavy atom. The van der Waals surface area contributed by atoms with Gasteiger partial charge in [-0.2, -0.15) is 0 Å². The maximum Gasteiger partial charge on any atom is 0.305 e. The zero-order valence-electron chi connectivity index (χ0n) is 9.36. The van der Waals surface area contributed by atoms with E-state index in [9.17, 15) is 4.79 Å². The van der Waals surface area contributed by atoms with Gasteiger partial charge in [-0.3, -0.25) is 9.78 Å². The van der Waals surface area contributed by atoms with Crippen LogP contribution in [0.25, 0.3) is 0 Å². The van der Waals surface area contributed by atoms with Gasteiger partial charge >= 0.3 is 5.97 Å². The average Bonchev–Trinajstić information content (AvgIpc) is 2.26. The number of pyridine rings is 1. The quantitative estimate of drug-likeness (QED) is 0.698. The second-order valence-electron chi connectivity index (χ2n) is 3.47. The molecular weight excluding hydrogens is 192 g/mol. The fraction of sp³-hybridized carbons (Fsp3) is 0.455. The minimum absolute atomic E-state index is 0.191. The summed E-state index contributed by atoms with van der Waals surface area (Å²) >= 11 is 0. The summed E-state index contributed by atoms with van der Waals surface area (Å²) in [4.78, 5) is 17.1. The van der Waals surface area contributed by atoms with Gasteiger partial charge in [0.15, 0.2) is 0 Å². The number of methoxy groups -OCH3 is 1. The van der Waals surface area contributed by atoms with Gasteiger partial charge < -0.3 is 9.64 Å². The fourth-order valence-corrected chi connectivity index (χ4v) is 1.39. The van der Waals surface area contributed by atoms with Gasteiger partial charge in [0, 0.05) is 38.6 Å². The molecule has 0 unspecified atom stereocenters. The summed E-state index contributed by atoms with van der Waals surface area (Å²) in [5.41, 5.74) is 2.15. The fourth-order valence-electron chi connectivity index (χ4n) is 1.39. The van der Waals surface area contributed by atoms with Crippen molar-refractivity contribution in [3.05, 3.63) is 24.0 Å². The lowest BCUT2D eigenvalue weighted by Gasteiger charge is -2.16. The number of hydrogen-bond donors (Lipinski definition) is 0. The first-order valence-corrected chi connectivity index (χ1v) is 4.82. The largest absolute Gasteiger partial charge is 0.469 e. The Kier molecular flexibility index (Phi) is 4.09. The highest BCUT2D eigenvalue weighted by Crippen LogP contribution is 2.18. The Hall–Kier alpha value is -1.58. The van der Waals surface area contributed by atoms with E-state index in [1.165, 1.54) is 7.11 Å². The van der Waals surface area contributed by atoms with Crippen LogP contribution < -0.4 is 4.90 Å². The van der Waals surface area contributed by atoms with E-state index in [1.807, 2.05) is 25.1 Å². The number of aromatic nitrogens is 1. The summed E-state index contributed by atoms with van der Waals surface area (Å²) in [6, 6.07) is 1.94. The van der Waals surface area contributed by atoms with Crippen molar-refractivity contribution in [1.29, 1.82) is 0 Å². The van der Waals surface area contributed by atoms with Gasteiger partial charge in [0.2, 0.25) is 0 Å². The SMILES string of the molecule is COC(=O)CCc1cnccc1N(C)C. The highest BCUT2D eigenvalue weighted by atomic mass is 16.5. The third kappa shape index (κ3) is 3.23. The van der Waals surface area contributed by atoms with Crippen molar-refractivity contribution in [2.45, 2.75) is 12.8 Å². The summed E-state index contributed by atoms with van der Waals surface area (Å²) < 4.78 is 4.60. The first-order chi connectivity index (χ1) is 7.15. The molecule has 0 atom stereocenters. The second-order valence-corrected chi connectivity index (χ2v) is 3.47. The van der Waals surface area contributed by atoms with Crippen molar-refractivity contribution in [3.63, 3.8) is 0 Å². The van der Waals surface area contributed by atoms with E-state index in [4.69, 9.17) is 0 Å². The first kappa shape index (κ1) is 11.5. The zero-order chi connectivity index (χ0) is 11.3. The van der Waals surface area contributed by atoms with Crippen LogP contribution in [0.1, 0.15) is 12.0 Å². The van der Waals surface area contributed by atoms with E-state index in [0.717, 1.165) is 11.3 Å². The van der Waals surface area contributed by atoms with Crippen LogP contribution in [0.2, 0.25) is 0 Å². The molecule has 0 N–H and O–H groups in total. The highest BCUT2D eigenvalue weighted by molar-refractivity contribution is 5.70.